The fourth-order valence-corrected chi connectivity index (χ4v) is 4.38. The van der Waals surface area contributed by atoms with E-state index in [4.69, 9.17) is 0 Å². The average Bonchev–Trinajstić information content (AvgIpc) is 3.07. The first-order valence-corrected chi connectivity index (χ1v) is 10.3. The van der Waals surface area contributed by atoms with Crippen LogP contribution in [0.3, 0.4) is 0 Å². The molecular weight excluding hydrogens is 346 g/mol. The number of nitrogens with zero attached hydrogens (tertiary/aromatic N) is 2. The molecule has 1 aromatic carbocycles. The molecule has 1 amide bonds. The molecule has 2 aliphatic rings. The van der Waals surface area contributed by atoms with Crippen molar-refractivity contribution in [2.45, 2.75) is 40.2 Å². The summed E-state index contributed by atoms with van der Waals surface area (Å²) < 4.78 is 0. The smallest absolute Gasteiger partial charge is 0.230 e. The Morgan fingerprint density at radius 1 is 1.29 bits per heavy atom. The Labute approximate surface area is 168 Å². The van der Waals surface area contributed by atoms with Gasteiger partial charge in [-0.25, -0.2) is 0 Å². The van der Waals surface area contributed by atoms with Gasteiger partial charge in [0.25, 0.3) is 0 Å². The summed E-state index contributed by atoms with van der Waals surface area (Å²) in [5, 5.41) is 1.34. The van der Waals surface area contributed by atoms with Gasteiger partial charge in [-0.15, -0.1) is 6.58 Å². The number of hydrogen-bond acceptors (Lipinski definition) is 2. The number of likely N-dealkylation sites (N-methyl/N-ethyl adjacent to an activating group) is 1. The largest absolute Gasteiger partial charge is 0.361 e. The fourth-order valence-electron chi connectivity index (χ4n) is 4.38. The molecule has 0 fully saturated rings. The minimum atomic E-state index is -0.0445. The maximum Gasteiger partial charge on any atom is 0.230 e. The number of nitrogens with one attached hydrogen (secondary N) is 1. The molecular formula is C24H33N3O. The van der Waals surface area contributed by atoms with Crippen molar-refractivity contribution in [1.82, 2.24) is 14.8 Å². The van der Waals surface area contributed by atoms with Crippen molar-refractivity contribution in [2.24, 2.45) is 5.92 Å². The van der Waals surface area contributed by atoms with Crippen LogP contribution >= 0.6 is 0 Å². The lowest BCUT2D eigenvalue weighted by Crippen LogP contribution is -2.47. The van der Waals surface area contributed by atoms with Crippen molar-refractivity contribution in [2.75, 3.05) is 26.7 Å². The average molecular weight is 380 g/mol. The van der Waals surface area contributed by atoms with Crippen LogP contribution in [0.2, 0.25) is 0 Å². The maximum atomic E-state index is 12.9. The third-order valence-electron chi connectivity index (χ3n) is 5.66. The summed E-state index contributed by atoms with van der Waals surface area (Å²) in [4.78, 5) is 20.6. The molecule has 2 atom stereocenters. The van der Waals surface area contributed by atoms with Gasteiger partial charge in [0.05, 0.1) is 5.92 Å². The standard InChI is InChI=1S/C20H25N3O.C4H8/c1-4-23(5-2)20(24)14-9-16-15-7-6-8-17-19(15)13(11-21-17)10-18(16)22(3)12-14;1-4(2)3/h6-9,11,14,18,21H,4-5,10,12H2,1-3H3;1H2,2-3H3/t14-,18-;/m1./s1. The molecule has 150 valence electrons. The number of carbonyl (C=O) groups is 1. The van der Waals surface area contributed by atoms with E-state index in [1.165, 1.54) is 33.2 Å². The van der Waals surface area contributed by atoms with Gasteiger partial charge >= 0.3 is 0 Å². The van der Waals surface area contributed by atoms with Crippen LogP contribution in [0.5, 0.6) is 0 Å². The highest BCUT2D eigenvalue weighted by Crippen LogP contribution is 2.40. The third kappa shape index (κ3) is 3.79. The first-order valence-electron chi connectivity index (χ1n) is 10.3. The van der Waals surface area contributed by atoms with Crippen LogP contribution in [0, 0.1) is 5.92 Å². The van der Waals surface area contributed by atoms with Crippen molar-refractivity contribution >= 4 is 22.4 Å². The first-order chi connectivity index (χ1) is 13.4. The number of hydrogen-bond donors (Lipinski definition) is 1. The van der Waals surface area contributed by atoms with E-state index >= 15 is 0 Å². The van der Waals surface area contributed by atoms with Crippen LogP contribution in [0.4, 0.5) is 0 Å². The number of aromatic amines is 1. The second kappa shape index (κ2) is 8.36. The summed E-state index contributed by atoms with van der Waals surface area (Å²) in [7, 11) is 2.15. The Hall–Kier alpha value is -2.33. The zero-order valence-corrected chi connectivity index (χ0v) is 17.9. The minimum Gasteiger partial charge on any atom is -0.361 e. The highest BCUT2D eigenvalue weighted by molar-refractivity contribution is 5.99. The van der Waals surface area contributed by atoms with Crippen LogP contribution in [-0.2, 0) is 11.2 Å². The van der Waals surface area contributed by atoms with Crippen molar-refractivity contribution in [1.29, 1.82) is 0 Å². The Bertz CT molecular complexity index is 900. The Balaban J connectivity index is 0.000000516. The molecule has 0 unspecified atom stereocenters. The van der Waals surface area contributed by atoms with Crippen molar-refractivity contribution in [3.05, 3.63) is 53.8 Å². The van der Waals surface area contributed by atoms with Crippen molar-refractivity contribution in [3.63, 3.8) is 0 Å². The van der Waals surface area contributed by atoms with Crippen LogP contribution in [0.15, 0.2) is 42.6 Å². The Morgan fingerprint density at radius 3 is 2.61 bits per heavy atom. The predicted octanol–water partition coefficient (Wildman–Crippen LogP) is 4.49. The van der Waals surface area contributed by atoms with E-state index in [1.54, 1.807) is 0 Å². The van der Waals surface area contributed by atoms with Crippen molar-refractivity contribution in [3.8, 4) is 0 Å². The predicted molar refractivity (Wildman–Crippen MR) is 118 cm³/mol. The molecule has 1 aliphatic heterocycles. The highest BCUT2D eigenvalue weighted by atomic mass is 16.2. The lowest BCUT2D eigenvalue weighted by molar-refractivity contribution is -0.134. The van der Waals surface area contributed by atoms with E-state index in [1.807, 2.05) is 18.7 Å². The van der Waals surface area contributed by atoms with E-state index in [0.29, 0.717) is 6.04 Å². The summed E-state index contributed by atoms with van der Waals surface area (Å²) in [6.07, 6.45) is 5.41. The monoisotopic (exact) mass is 379 g/mol. The van der Waals surface area contributed by atoms with Crippen LogP contribution in [0.1, 0.15) is 38.8 Å². The molecule has 1 aliphatic carbocycles. The van der Waals surface area contributed by atoms with Gasteiger partial charge in [-0.1, -0.05) is 23.8 Å². The topological polar surface area (TPSA) is 39.3 Å². The van der Waals surface area contributed by atoms with Gasteiger partial charge in [0.1, 0.15) is 0 Å². The molecule has 0 bridgehead atoms. The Kier molecular flexibility index (Phi) is 6.09. The van der Waals surface area contributed by atoms with Crippen LogP contribution in [0.25, 0.3) is 16.5 Å². The Morgan fingerprint density at radius 2 is 1.96 bits per heavy atom. The molecule has 28 heavy (non-hydrogen) atoms. The summed E-state index contributed by atoms with van der Waals surface area (Å²) >= 11 is 0. The fraction of sp³-hybridized carbons (Fsp3) is 0.458. The number of rotatable bonds is 3. The highest BCUT2D eigenvalue weighted by Gasteiger charge is 2.36. The van der Waals surface area contributed by atoms with Gasteiger partial charge in [-0.3, -0.25) is 9.69 Å². The quantitative estimate of drug-likeness (QED) is 0.798. The molecule has 2 aromatic rings. The van der Waals surface area contributed by atoms with E-state index < -0.39 is 0 Å². The number of benzene rings is 1. The number of amides is 1. The van der Waals surface area contributed by atoms with Gasteiger partial charge in [-0.2, -0.15) is 0 Å². The summed E-state index contributed by atoms with van der Waals surface area (Å²) in [5.74, 6) is 0.210. The SMILES string of the molecule is C=C(C)C.CCN(CC)C(=O)[C@@H]1C=C2c3cccc4[nH]cc(c34)C[C@H]2N(C)C1. The number of allylic oxidation sites excluding steroid dienone is 1. The maximum absolute atomic E-state index is 12.9. The zero-order chi connectivity index (χ0) is 20.4. The lowest BCUT2D eigenvalue weighted by atomic mass is 9.79. The number of H-pyrrole nitrogens is 1. The van der Waals surface area contributed by atoms with E-state index in [9.17, 15) is 4.79 Å². The molecule has 4 heteroatoms. The molecule has 1 N–H and O–H groups in total. The van der Waals surface area contributed by atoms with Crippen LogP contribution < -0.4 is 0 Å². The van der Waals surface area contributed by atoms with Gasteiger partial charge in [-0.05, 0) is 63.9 Å². The second-order valence-corrected chi connectivity index (χ2v) is 8.15. The molecule has 0 saturated carbocycles. The molecule has 2 heterocycles. The molecule has 4 rings (SSSR count). The van der Waals surface area contributed by atoms with Gasteiger partial charge in [0.15, 0.2) is 0 Å². The molecule has 1 aromatic heterocycles. The molecule has 0 radical (unpaired) electrons. The normalized spacial score (nSPS) is 20.7. The number of carbonyl (C=O) groups excluding carboxylic acids is 1. The first kappa shape index (κ1) is 20.4. The summed E-state index contributed by atoms with van der Waals surface area (Å²) in [5.41, 5.74) is 6.38. The van der Waals surface area contributed by atoms with Crippen molar-refractivity contribution < 1.29 is 4.79 Å². The molecule has 0 saturated heterocycles. The van der Waals surface area contributed by atoms with E-state index in [2.05, 4.69) is 67.8 Å². The lowest BCUT2D eigenvalue weighted by Gasteiger charge is -2.40. The summed E-state index contributed by atoms with van der Waals surface area (Å²) in [6, 6.07) is 6.82. The van der Waals surface area contributed by atoms with Gasteiger partial charge in [0, 0.05) is 42.8 Å². The minimum absolute atomic E-state index is 0.0445. The van der Waals surface area contributed by atoms with E-state index in [0.717, 1.165) is 26.1 Å². The van der Waals surface area contributed by atoms with Gasteiger partial charge in [0.2, 0.25) is 5.91 Å². The number of fused-ring (bicyclic) bond motifs is 2. The molecule has 0 spiro atoms. The number of aromatic nitrogens is 1. The third-order valence-corrected chi connectivity index (χ3v) is 5.66. The zero-order valence-electron chi connectivity index (χ0n) is 17.9. The van der Waals surface area contributed by atoms with Gasteiger partial charge < -0.3 is 9.88 Å². The molecule has 4 nitrogen and oxygen atoms in total. The van der Waals surface area contributed by atoms with Crippen LogP contribution in [-0.4, -0.2) is 53.4 Å². The van der Waals surface area contributed by atoms with E-state index in [-0.39, 0.29) is 11.8 Å². The summed E-state index contributed by atoms with van der Waals surface area (Å²) in [6.45, 7) is 14.0. The second-order valence-electron chi connectivity index (χ2n) is 8.15.